The lowest BCUT2D eigenvalue weighted by Crippen LogP contribution is -2.48. The Morgan fingerprint density at radius 1 is 1.24 bits per heavy atom. The van der Waals surface area contributed by atoms with Crippen LogP contribution in [0.1, 0.15) is 6.42 Å². The molecular weight excluding hydrogens is 332 g/mol. The molecule has 1 aliphatic heterocycles. The summed E-state index contributed by atoms with van der Waals surface area (Å²) >= 11 is 1.94. The van der Waals surface area contributed by atoms with E-state index in [9.17, 15) is 4.79 Å². The van der Waals surface area contributed by atoms with E-state index in [0.717, 1.165) is 42.2 Å². The van der Waals surface area contributed by atoms with Gasteiger partial charge in [-0.2, -0.15) is 11.8 Å². The molecule has 0 aromatic heterocycles. The summed E-state index contributed by atoms with van der Waals surface area (Å²) in [7, 11) is 4.12. The molecule has 0 N–H and O–H groups in total. The van der Waals surface area contributed by atoms with Crippen molar-refractivity contribution >= 4 is 28.4 Å². The average molecular weight is 359 g/mol. The van der Waals surface area contributed by atoms with Gasteiger partial charge in [0.15, 0.2) is 6.61 Å². The lowest BCUT2D eigenvalue weighted by atomic mass is 10.1. The largest absolute Gasteiger partial charge is 0.484 e. The van der Waals surface area contributed by atoms with Gasteiger partial charge in [0, 0.05) is 18.8 Å². The predicted octanol–water partition coefficient (Wildman–Crippen LogP) is 3.11. The van der Waals surface area contributed by atoms with Crippen molar-refractivity contribution in [2.45, 2.75) is 12.5 Å². The van der Waals surface area contributed by atoms with Gasteiger partial charge in [-0.3, -0.25) is 4.79 Å². The van der Waals surface area contributed by atoms with E-state index in [-0.39, 0.29) is 18.6 Å². The highest BCUT2D eigenvalue weighted by molar-refractivity contribution is 7.99. The third-order valence-corrected chi connectivity index (χ3v) is 5.62. The van der Waals surface area contributed by atoms with Gasteiger partial charge in [-0.05, 0) is 49.2 Å². The molecule has 1 atom stereocenters. The summed E-state index contributed by atoms with van der Waals surface area (Å²) < 4.78 is 5.81. The van der Waals surface area contributed by atoms with Crippen molar-refractivity contribution in [2.75, 3.05) is 45.3 Å². The fraction of sp³-hybridized carbons (Fsp3) is 0.450. The molecule has 0 radical (unpaired) electrons. The van der Waals surface area contributed by atoms with Crippen molar-refractivity contribution in [3.05, 3.63) is 42.5 Å². The van der Waals surface area contributed by atoms with E-state index in [0.29, 0.717) is 0 Å². The molecule has 2 aromatic rings. The molecule has 1 heterocycles. The van der Waals surface area contributed by atoms with E-state index in [1.807, 2.05) is 47.0 Å². The lowest BCUT2D eigenvalue weighted by molar-refractivity contribution is -0.135. The van der Waals surface area contributed by atoms with E-state index in [2.05, 4.69) is 31.1 Å². The topological polar surface area (TPSA) is 32.8 Å². The fourth-order valence-corrected chi connectivity index (χ4v) is 4.27. The lowest BCUT2D eigenvalue weighted by Gasteiger charge is -2.31. The summed E-state index contributed by atoms with van der Waals surface area (Å²) in [6, 6.07) is 14.4. The number of fused-ring (bicyclic) bond motifs is 1. The molecule has 1 unspecified atom stereocenters. The first-order valence-corrected chi connectivity index (χ1v) is 9.92. The molecule has 25 heavy (non-hydrogen) atoms. The van der Waals surface area contributed by atoms with Crippen molar-refractivity contribution < 1.29 is 9.53 Å². The van der Waals surface area contributed by atoms with Gasteiger partial charge in [0.05, 0.1) is 6.04 Å². The molecule has 0 spiro atoms. The van der Waals surface area contributed by atoms with Gasteiger partial charge in [-0.25, -0.2) is 0 Å². The number of rotatable bonds is 5. The molecule has 2 aromatic carbocycles. The Balaban J connectivity index is 1.64. The fourth-order valence-electron chi connectivity index (χ4n) is 3.22. The van der Waals surface area contributed by atoms with Crippen LogP contribution in [0.4, 0.5) is 0 Å². The maximum atomic E-state index is 12.8. The summed E-state index contributed by atoms with van der Waals surface area (Å²) in [5, 5.41) is 2.31. The Bertz CT molecular complexity index is 720. The number of likely N-dealkylation sites (N-methyl/N-ethyl adjacent to an activating group) is 1. The number of hydrogen-bond acceptors (Lipinski definition) is 4. The molecule has 0 saturated carbocycles. The van der Waals surface area contributed by atoms with Crippen molar-refractivity contribution in [1.29, 1.82) is 0 Å². The van der Waals surface area contributed by atoms with Gasteiger partial charge >= 0.3 is 0 Å². The molecule has 134 valence electrons. The van der Waals surface area contributed by atoms with Crippen molar-refractivity contribution in [3.8, 4) is 5.75 Å². The van der Waals surface area contributed by atoms with Crippen LogP contribution in [-0.4, -0.2) is 67.0 Å². The second kappa shape index (κ2) is 8.59. The Labute approximate surface area is 154 Å². The number of carbonyl (C=O) groups is 1. The quantitative estimate of drug-likeness (QED) is 0.822. The maximum Gasteiger partial charge on any atom is 0.260 e. The standard InChI is InChI=1S/C20H26N2O2S/c1-21(2)13-18-15-25-11-5-10-22(18)20(23)14-24-19-9-8-16-6-3-4-7-17(16)12-19/h3-4,6-9,12,18H,5,10-11,13-15H2,1-2H3. The summed E-state index contributed by atoms with van der Waals surface area (Å²) in [5.41, 5.74) is 0. The minimum atomic E-state index is 0.0857. The van der Waals surface area contributed by atoms with E-state index >= 15 is 0 Å². The van der Waals surface area contributed by atoms with Gasteiger partial charge < -0.3 is 14.5 Å². The Morgan fingerprint density at radius 3 is 2.84 bits per heavy atom. The van der Waals surface area contributed by atoms with Crippen molar-refractivity contribution in [1.82, 2.24) is 9.80 Å². The van der Waals surface area contributed by atoms with Crippen LogP contribution in [0.2, 0.25) is 0 Å². The van der Waals surface area contributed by atoms with Crippen molar-refractivity contribution in [2.24, 2.45) is 0 Å². The van der Waals surface area contributed by atoms with Gasteiger partial charge in [-0.1, -0.05) is 30.3 Å². The molecule has 1 fully saturated rings. The zero-order valence-corrected chi connectivity index (χ0v) is 15.8. The van der Waals surface area contributed by atoms with E-state index in [1.54, 1.807) is 0 Å². The first-order chi connectivity index (χ1) is 12.1. The van der Waals surface area contributed by atoms with E-state index in [4.69, 9.17) is 4.74 Å². The van der Waals surface area contributed by atoms with E-state index in [1.165, 1.54) is 5.39 Å². The van der Waals surface area contributed by atoms with Crippen LogP contribution in [0.5, 0.6) is 5.75 Å². The third kappa shape index (κ3) is 4.89. The molecule has 4 nitrogen and oxygen atoms in total. The highest BCUT2D eigenvalue weighted by Crippen LogP contribution is 2.21. The van der Waals surface area contributed by atoms with Gasteiger partial charge in [0.25, 0.3) is 5.91 Å². The first kappa shape index (κ1) is 18.1. The van der Waals surface area contributed by atoms with E-state index < -0.39 is 0 Å². The highest BCUT2D eigenvalue weighted by Gasteiger charge is 2.26. The average Bonchev–Trinajstić information content (AvgIpc) is 2.84. The van der Waals surface area contributed by atoms with Crippen LogP contribution < -0.4 is 4.74 Å². The zero-order valence-electron chi connectivity index (χ0n) is 15.0. The molecule has 3 rings (SSSR count). The normalized spacial score (nSPS) is 18.4. The Kier molecular flexibility index (Phi) is 6.21. The monoisotopic (exact) mass is 358 g/mol. The predicted molar refractivity (Wildman–Crippen MR) is 105 cm³/mol. The Hall–Kier alpha value is -1.72. The smallest absolute Gasteiger partial charge is 0.260 e. The molecule has 1 aliphatic rings. The zero-order chi connectivity index (χ0) is 17.6. The molecular formula is C20H26N2O2S. The number of hydrogen-bond donors (Lipinski definition) is 0. The summed E-state index contributed by atoms with van der Waals surface area (Å²) in [6.45, 7) is 1.83. The number of benzene rings is 2. The SMILES string of the molecule is CN(C)CC1CSCCCN1C(=O)COc1ccc2ccccc2c1. The van der Waals surface area contributed by atoms with Gasteiger partial charge in [0.1, 0.15) is 5.75 Å². The van der Waals surface area contributed by atoms with Crippen LogP contribution in [0.15, 0.2) is 42.5 Å². The highest BCUT2D eigenvalue weighted by atomic mass is 32.2. The first-order valence-electron chi connectivity index (χ1n) is 8.77. The molecule has 0 bridgehead atoms. The number of thioether (sulfide) groups is 1. The number of carbonyl (C=O) groups excluding carboxylic acids is 1. The number of amides is 1. The van der Waals surface area contributed by atoms with Gasteiger partial charge in [-0.15, -0.1) is 0 Å². The minimum Gasteiger partial charge on any atom is -0.484 e. The molecule has 1 saturated heterocycles. The van der Waals surface area contributed by atoms with Gasteiger partial charge in [0.2, 0.25) is 0 Å². The summed E-state index contributed by atoms with van der Waals surface area (Å²) in [6.07, 6.45) is 1.05. The number of ether oxygens (including phenoxy) is 1. The van der Waals surface area contributed by atoms with Crippen LogP contribution >= 0.6 is 11.8 Å². The molecule has 1 amide bonds. The van der Waals surface area contributed by atoms with Crippen LogP contribution in [-0.2, 0) is 4.79 Å². The molecule has 0 aliphatic carbocycles. The van der Waals surface area contributed by atoms with Crippen LogP contribution in [0.25, 0.3) is 10.8 Å². The van der Waals surface area contributed by atoms with Crippen molar-refractivity contribution in [3.63, 3.8) is 0 Å². The minimum absolute atomic E-state index is 0.0857. The Morgan fingerprint density at radius 2 is 2.04 bits per heavy atom. The van der Waals surface area contributed by atoms with Crippen LogP contribution in [0, 0.1) is 0 Å². The second-order valence-corrected chi connectivity index (χ2v) is 7.88. The number of nitrogens with zero attached hydrogens (tertiary/aromatic N) is 2. The maximum absolute atomic E-state index is 12.8. The third-order valence-electron chi connectivity index (χ3n) is 4.42. The van der Waals surface area contributed by atoms with Crippen LogP contribution in [0.3, 0.4) is 0 Å². The summed E-state index contributed by atoms with van der Waals surface area (Å²) in [4.78, 5) is 16.9. The second-order valence-electron chi connectivity index (χ2n) is 6.73. The summed E-state index contributed by atoms with van der Waals surface area (Å²) in [5.74, 6) is 2.96. The molecule has 5 heteroatoms.